The van der Waals surface area contributed by atoms with Crippen LogP contribution in [0.15, 0.2) is 0 Å². The highest BCUT2D eigenvalue weighted by molar-refractivity contribution is 4.99. The minimum atomic E-state index is -0.0853. The van der Waals surface area contributed by atoms with Gasteiger partial charge >= 0.3 is 0 Å². The lowest BCUT2D eigenvalue weighted by Crippen LogP contribution is -2.31. The van der Waals surface area contributed by atoms with Crippen LogP contribution in [0.2, 0.25) is 0 Å². The highest BCUT2D eigenvalue weighted by atomic mass is 16.3. The average molecular weight is 170 g/mol. The highest BCUT2D eigenvalue weighted by Gasteiger charge is 2.38. The predicted octanol–water partition coefficient (Wildman–Crippen LogP) is -0.0656. The molecule has 2 aliphatic rings. The molecule has 3 N–H and O–H groups in total. The van der Waals surface area contributed by atoms with E-state index in [2.05, 4.69) is 4.90 Å². The second kappa shape index (κ2) is 2.98. The lowest BCUT2D eigenvalue weighted by atomic mass is 10.2. The first-order valence-electron chi connectivity index (χ1n) is 4.87. The highest BCUT2D eigenvalue weighted by Crippen LogP contribution is 2.35. The SMILES string of the molecule is NC1(CCN2CCC(O)C2)CC1. The number of hydrogen-bond donors (Lipinski definition) is 2. The van der Waals surface area contributed by atoms with Crippen LogP contribution in [-0.2, 0) is 0 Å². The van der Waals surface area contributed by atoms with E-state index in [9.17, 15) is 5.11 Å². The molecule has 1 saturated heterocycles. The molecule has 0 aromatic rings. The third-order valence-corrected chi connectivity index (χ3v) is 3.07. The summed E-state index contributed by atoms with van der Waals surface area (Å²) in [6, 6.07) is 0. The van der Waals surface area contributed by atoms with E-state index in [-0.39, 0.29) is 11.6 Å². The number of aliphatic hydroxyl groups excluding tert-OH is 1. The molecule has 1 heterocycles. The Kier molecular flexibility index (Phi) is 2.10. The number of likely N-dealkylation sites (tertiary alicyclic amines) is 1. The minimum absolute atomic E-state index is 0.0853. The molecule has 70 valence electrons. The van der Waals surface area contributed by atoms with Crippen LogP contribution in [0.4, 0.5) is 0 Å². The van der Waals surface area contributed by atoms with Crippen LogP contribution in [0.5, 0.6) is 0 Å². The van der Waals surface area contributed by atoms with Crippen molar-refractivity contribution in [3.63, 3.8) is 0 Å². The Labute approximate surface area is 73.5 Å². The summed E-state index contributed by atoms with van der Waals surface area (Å²) in [5, 5.41) is 9.27. The first kappa shape index (κ1) is 8.48. The fourth-order valence-electron chi connectivity index (χ4n) is 1.81. The average Bonchev–Trinajstić information content (AvgIpc) is 2.60. The van der Waals surface area contributed by atoms with E-state index >= 15 is 0 Å². The maximum Gasteiger partial charge on any atom is 0.0679 e. The van der Waals surface area contributed by atoms with Crippen LogP contribution in [0.3, 0.4) is 0 Å². The monoisotopic (exact) mass is 170 g/mol. The zero-order chi connectivity index (χ0) is 8.60. The van der Waals surface area contributed by atoms with Crippen molar-refractivity contribution in [1.29, 1.82) is 0 Å². The van der Waals surface area contributed by atoms with Crippen LogP contribution in [0.25, 0.3) is 0 Å². The second-order valence-electron chi connectivity index (χ2n) is 4.36. The van der Waals surface area contributed by atoms with E-state index in [1.54, 1.807) is 0 Å². The molecule has 1 aliphatic heterocycles. The van der Waals surface area contributed by atoms with E-state index in [4.69, 9.17) is 5.73 Å². The first-order chi connectivity index (χ1) is 5.68. The Morgan fingerprint density at radius 3 is 2.75 bits per heavy atom. The molecule has 12 heavy (non-hydrogen) atoms. The quantitative estimate of drug-likeness (QED) is 0.623. The van der Waals surface area contributed by atoms with Gasteiger partial charge in [0.15, 0.2) is 0 Å². The molecule has 0 aromatic carbocycles. The van der Waals surface area contributed by atoms with Crippen molar-refractivity contribution in [3.8, 4) is 0 Å². The summed E-state index contributed by atoms with van der Waals surface area (Å²) in [4.78, 5) is 2.32. The minimum Gasteiger partial charge on any atom is -0.392 e. The zero-order valence-electron chi connectivity index (χ0n) is 7.50. The Balaban J connectivity index is 1.67. The number of rotatable bonds is 3. The predicted molar refractivity (Wildman–Crippen MR) is 47.8 cm³/mol. The van der Waals surface area contributed by atoms with E-state index in [0.29, 0.717) is 0 Å². The molecule has 1 saturated carbocycles. The summed E-state index contributed by atoms with van der Waals surface area (Å²) in [6.45, 7) is 2.99. The smallest absolute Gasteiger partial charge is 0.0679 e. The molecule has 0 bridgehead atoms. The van der Waals surface area contributed by atoms with Gasteiger partial charge in [-0.3, -0.25) is 0 Å². The van der Waals surface area contributed by atoms with Gasteiger partial charge in [-0.15, -0.1) is 0 Å². The Hall–Kier alpha value is -0.120. The molecule has 1 unspecified atom stereocenters. The van der Waals surface area contributed by atoms with Crippen LogP contribution in [0, 0.1) is 0 Å². The molecule has 0 aromatic heterocycles. The molecule has 1 aliphatic carbocycles. The largest absolute Gasteiger partial charge is 0.392 e. The molecular weight excluding hydrogens is 152 g/mol. The molecule has 1 atom stereocenters. The maximum atomic E-state index is 9.27. The number of aliphatic hydroxyl groups is 1. The van der Waals surface area contributed by atoms with Crippen molar-refractivity contribution in [2.45, 2.75) is 37.3 Å². The number of β-amino-alcohol motifs (C(OH)–C–C–N with tert-alkyl or cyclic N) is 1. The molecule has 2 fully saturated rings. The topological polar surface area (TPSA) is 49.5 Å². The van der Waals surface area contributed by atoms with Crippen LogP contribution in [0.1, 0.15) is 25.7 Å². The number of hydrogen-bond acceptors (Lipinski definition) is 3. The summed E-state index contributed by atoms with van der Waals surface area (Å²) < 4.78 is 0. The van der Waals surface area contributed by atoms with Gasteiger partial charge in [-0.1, -0.05) is 0 Å². The van der Waals surface area contributed by atoms with Crippen molar-refractivity contribution in [1.82, 2.24) is 4.90 Å². The summed E-state index contributed by atoms with van der Waals surface area (Å²) in [6.07, 6.45) is 4.36. The third kappa shape index (κ3) is 1.97. The third-order valence-electron chi connectivity index (χ3n) is 3.07. The Morgan fingerprint density at radius 1 is 1.50 bits per heavy atom. The van der Waals surface area contributed by atoms with Crippen molar-refractivity contribution in [2.75, 3.05) is 19.6 Å². The van der Waals surface area contributed by atoms with Gasteiger partial charge in [0.2, 0.25) is 0 Å². The molecule has 0 amide bonds. The van der Waals surface area contributed by atoms with E-state index in [1.807, 2.05) is 0 Å². The van der Waals surface area contributed by atoms with Gasteiger partial charge in [0.1, 0.15) is 0 Å². The van der Waals surface area contributed by atoms with Gasteiger partial charge in [-0.2, -0.15) is 0 Å². The molecule has 3 nitrogen and oxygen atoms in total. The molecule has 3 heteroatoms. The summed E-state index contributed by atoms with van der Waals surface area (Å²) in [5.74, 6) is 0. The van der Waals surface area contributed by atoms with Gasteiger partial charge in [0.25, 0.3) is 0 Å². The lowest BCUT2D eigenvalue weighted by Gasteiger charge is -2.17. The Morgan fingerprint density at radius 2 is 2.25 bits per heavy atom. The van der Waals surface area contributed by atoms with E-state index in [0.717, 1.165) is 32.5 Å². The van der Waals surface area contributed by atoms with Crippen LogP contribution < -0.4 is 5.73 Å². The van der Waals surface area contributed by atoms with Crippen LogP contribution in [-0.4, -0.2) is 41.3 Å². The van der Waals surface area contributed by atoms with Gasteiger partial charge in [0, 0.05) is 18.6 Å². The van der Waals surface area contributed by atoms with Crippen molar-refractivity contribution >= 4 is 0 Å². The van der Waals surface area contributed by atoms with Gasteiger partial charge in [-0.25, -0.2) is 0 Å². The standard InChI is InChI=1S/C9H18N2O/c10-9(2-3-9)4-6-11-5-1-8(12)7-11/h8,12H,1-7,10H2. The van der Waals surface area contributed by atoms with Gasteiger partial charge in [-0.05, 0) is 32.2 Å². The summed E-state index contributed by atoms with van der Waals surface area (Å²) in [7, 11) is 0. The normalized spacial score (nSPS) is 34.0. The Bertz CT molecular complexity index is 168. The second-order valence-corrected chi connectivity index (χ2v) is 4.36. The van der Waals surface area contributed by atoms with Gasteiger partial charge in [0.05, 0.1) is 6.10 Å². The molecule has 0 spiro atoms. The van der Waals surface area contributed by atoms with E-state index < -0.39 is 0 Å². The number of nitrogens with zero attached hydrogens (tertiary/aromatic N) is 1. The lowest BCUT2D eigenvalue weighted by molar-refractivity contribution is 0.175. The maximum absolute atomic E-state index is 9.27. The molecule has 2 rings (SSSR count). The zero-order valence-corrected chi connectivity index (χ0v) is 7.50. The van der Waals surface area contributed by atoms with E-state index in [1.165, 1.54) is 12.8 Å². The molecular formula is C9H18N2O. The van der Waals surface area contributed by atoms with Gasteiger partial charge < -0.3 is 15.7 Å². The van der Waals surface area contributed by atoms with Crippen LogP contribution >= 0.6 is 0 Å². The van der Waals surface area contributed by atoms with Crippen molar-refractivity contribution < 1.29 is 5.11 Å². The fraction of sp³-hybridized carbons (Fsp3) is 1.00. The summed E-state index contributed by atoms with van der Waals surface area (Å²) in [5.41, 5.74) is 6.14. The first-order valence-corrected chi connectivity index (χ1v) is 4.87. The summed E-state index contributed by atoms with van der Waals surface area (Å²) >= 11 is 0. The fourth-order valence-corrected chi connectivity index (χ4v) is 1.81. The molecule has 0 radical (unpaired) electrons. The number of nitrogens with two attached hydrogens (primary N) is 1. The van der Waals surface area contributed by atoms with Crippen molar-refractivity contribution in [2.24, 2.45) is 5.73 Å². The van der Waals surface area contributed by atoms with Crippen molar-refractivity contribution in [3.05, 3.63) is 0 Å².